The fourth-order valence-corrected chi connectivity index (χ4v) is 3.19. The highest BCUT2D eigenvalue weighted by atomic mass is 16.3. The molecule has 4 aromatic rings. The van der Waals surface area contributed by atoms with Crippen LogP contribution < -0.4 is 4.90 Å². The summed E-state index contributed by atoms with van der Waals surface area (Å²) in [6.07, 6.45) is 1.48. The molecule has 134 valence electrons. The first-order chi connectivity index (χ1) is 13.1. The summed E-state index contributed by atoms with van der Waals surface area (Å²) in [7, 11) is 0. The summed E-state index contributed by atoms with van der Waals surface area (Å²) in [4.78, 5) is 14.7. The van der Waals surface area contributed by atoms with Crippen molar-refractivity contribution >= 4 is 22.4 Å². The number of anilines is 1. The minimum atomic E-state index is -0.254. The Labute approximate surface area is 157 Å². The molecule has 0 aliphatic heterocycles. The fourth-order valence-electron chi connectivity index (χ4n) is 3.19. The van der Waals surface area contributed by atoms with E-state index in [2.05, 4.69) is 0 Å². The third-order valence-corrected chi connectivity index (χ3v) is 4.65. The van der Waals surface area contributed by atoms with Crippen LogP contribution in [0.15, 0.2) is 83.5 Å². The maximum Gasteiger partial charge on any atom is 0.294 e. The zero-order valence-corrected chi connectivity index (χ0v) is 14.9. The molecule has 0 aliphatic carbocycles. The summed E-state index contributed by atoms with van der Waals surface area (Å²) in [6, 6.07) is 22.4. The zero-order chi connectivity index (χ0) is 18.8. The van der Waals surface area contributed by atoms with Crippen molar-refractivity contribution in [1.82, 2.24) is 0 Å². The molecule has 3 aromatic carbocycles. The summed E-state index contributed by atoms with van der Waals surface area (Å²) >= 11 is 0. The van der Waals surface area contributed by atoms with E-state index in [0.717, 1.165) is 22.0 Å². The van der Waals surface area contributed by atoms with E-state index in [1.165, 1.54) is 6.26 Å². The first-order valence-electron chi connectivity index (χ1n) is 8.75. The van der Waals surface area contributed by atoms with Gasteiger partial charge in [0.1, 0.15) is 5.75 Å². The van der Waals surface area contributed by atoms with E-state index in [1.54, 1.807) is 23.1 Å². The number of nitrogens with zero attached hydrogens (tertiary/aromatic N) is 1. The van der Waals surface area contributed by atoms with E-state index in [1.807, 2.05) is 61.5 Å². The smallest absolute Gasteiger partial charge is 0.294 e. The number of carbonyl (C=O) groups excluding carboxylic acids is 1. The van der Waals surface area contributed by atoms with Gasteiger partial charge in [-0.3, -0.25) is 4.79 Å². The number of amides is 1. The Balaban J connectivity index is 1.81. The van der Waals surface area contributed by atoms with Crippen LogP contribution >= 0.6 is 0 Å². The molecule has 4 rings (SSSR count). The number of aromatic hydroxyl groups is 1. The fraction of sp³-hybridized carbons (Fsp3) is 0.0870. The number of phenolic OH excluding ortho intramolecular Hbond substituents is 1. The van der Waals surface area contributed by atoms with E-state index >= 15 is 0 Å². The Morgan fingerprint density at radius 1 is 0.963 bits per heavy atom. The molecule has 4 heteroatoms. The average molecular weight is 357 g/mol. The molecule has 0 atom stereocenters. The highest BCUT2D eigenvalue weighted by Crippen LogP contribution is 2.31. The van der Waals surface area contributed by atoms with Crippen molar-refractivity contribution in [2.45, 2.75) is 13.5 Å². The lowest BCUT2D eigenvalue weighted by Gasteiger charge is -2.23. The molecule has 0 unspecified atom stereocenters. The maximum atomic E-state index is 13.1. The van der Waals surface area contributed by atoms with Crippen molar-refractivity contribution in [2.75, 3.05) is 4.90 Å². The van der Waals surface area contributed by atoms with Crippen LogP contribution in [0.4, 0.5) is 5.69 Å². The number of benzene rings is 3. The average Bonchev–Trinajstić information content (AvgIpc) is 3.23. The Bertz CT molecular complexity index is 1080. The molecular weight excluding hydrogens is 338 g/mol. The number of furan rings is 1. The molecule has 0 aliphatic rings. The lowest BCUT2D eigenvalue weighted by atomic mass is 10.0. The molecule has 1 heterocycles. The number of aryl methyl sites for hydroxylation is 1. The van der Waals surface area contributed by atoms with Gasteiger partial charge in [-0.25, -0.2) is 0 Å². The van der Waals surface area contributed by atoms with Gasteiger partial charge in [0.25, 0.3) is 5.91 Å². The number of fused-ring (bicyclic) bond motifs is 1. The van der Waals surface area contributed by atoms with Gasteiger partial charge in [-0.1, -0.05) is 48.0 Å². The first kappa shape index (κ1) is 16.9. The van der Waals surface area contributed by atoms with Gasteiger partial charge in [-0.05, 0) is 48.0 Å². The SMILES string of the molecule is Cc1ccc(N(Cc2c(O)ccc3ccccc23)C(=O)c2ccco2)cc1. The molecule has 0 fully saturated rings. The van der Waals surface area contributed by atoms with Crippen molar-refractivity contribution in [3.05, 3.63) is 95.9 Å². The number of carbonyl (C=O) groups is 1. The lowest BCUT2D eigenvalue weighted by molar-refractivity contribution is 0.0958. The minimum Gasteiger partial charge on any atom is -0.508 e. The van der Waals surface area contributed by atoms with Crippen molar-refractivity contribution in [3.8, 4) is 5.75 Å². The van der Waals surface area contributed by atoms with Crippen LogP contribution in [-0.2, 0) is 6.54 Å². The van der Waals surface area contributed by atoms with Gasteiger partial charge in [-0.15, -0.1) is 0 Å². The molecule has 1 amide bonds. The molecule has 0 spiro atoms. The quantitative estimate of drug-likeness (QED) is 0.540. The molecule has 0 bridgehead atoms. The van der Waals surface area contributed by atoms with Crippen LogP contribution in [0.25, 0.3) is 10.8 Å². The van der Waals surface area contributed by atoms with Crippen LogP contribution in [-0.4, -0.2) is 11.0 Å². The lowest BCUT2D eigenvalue weighted by Crippen LogP contribution is -2.30. The molecule has 0 saturated carbocycles. The predicted octanol–water partition coefficient (Wildman–Crippen LogP) is 5.29. The van der Waals surface area contributed by atoms with Crippen molar-refractivity contribution < 1.29 is 14.3 Å². The Kier molecular flexibility index (Phi) is 4.38. The van der Waals surface area contributed by atoms with E-state index in [4.69, 9.17) is 4.42 Å². The molecule has 1 aromatic heterocycles. The van der Waals surface area contributed by atoms with E-state index < -0.39 is 0 Å². The second kappa shape index (κ2) is 7.00. The molecule has 27 heavy (non-hydrogen) atoms. The van der Waals surface area contributed by atoms with Crippen LogP contribution in [0, 0.1) is 6.92 Å². The highest BCUT2D eigenvalue weighted by molar-refractivity contribution is 6.04. The summed E-state index contributed by atoms with van der Waals surface area (Å²) < 4.78 is 5.32. The van der Waals surface area contributed by atoms with Crippen LogP contribution in [0.5, 0.6) is 5.75 Å². The summed E-state index contributed by atoms with van der Waals surface area (Å²) in [6.45, 7) is 2.23. The number of phenols is 1. The maximum absolute atomic E-state index is 13.1. The second-order valence-electron chi connectivity index (χ2n) is 6.49. The van der Waals surface area contributed by atoms with E-state index in [-0.39, 0.29) is 24.0 Å². The second-order valence-corrected chi connectivity index (χ2v) is 6.49. The third-order valence-electron chi connectivity index (χ3n) is 4.65. The van der Waals surface area contributed by atoms with Gasteiger partial charge in [0.05, 0.1) is 12.8 Å². The van der Waals surface area contributed by atoms with Crippen LogP contribution in [0.1, 0.15) is 21.7 Å². The number of rotatable bonds is 4. The Morgan fingerprint density at radius 2 is 1.74 bits per heavy atom. The number of hydrogen-bond donors (Lipinski definition) is 1. The normalized spacial score (nSPS) is 10.9. The minimum absolute atomic E-state index is 0.165. The summed E-state index contributed by atoms with van der Waals surface area (Å²) in [5.74, 6) is 0.171. The monoisotopic (exact) mass is 357 g/mol. The first-order valence-corrected chi connectivity index (χ1v) is 8.75. The van der Waals surface area contributed by atoms with Gasteiger partial charge < -0.3 is 14.4 Å². The van der Waals surface area contributed by atoms with Gasteiger partial charge in [0, 0.05) is 11.3 Å². The van der Waals surface area contributed by atoms with Crippen LogP contribution in [0.2, 0.25) is 0 Å². The van der Waals surface area contributed by atoms with E-state index in [0.29, 0.717) is 5.56 Å². The molecule has 0 radical (unpaired) electrons. The molecule has 0 saturated heterocycles. The molecule has 1 N–H and O–H groups in total. The predicted molar refractivity (Wildman–Crippen MR) is 106 cm³/mol. The van der Waals surface area contributed by atoms with E-state index in [9.17, 15) is 9.90 Å². The van der Waals surface area contributed by atoms with Crippen LogP contribution in [0.3, 0.4) is 0 Å². The van der Waals surface area contributed by atoms with Gasteiger partial charge >= 0.3 is 0 Å². The molecule has 4 nitrogen and oxygen atoms in total. The largest absolute Gasteiger partial charge is 0.508 e. The Hall–Kier alpha value is -3.53. The van der Waals surface area contributed by atoms with Crippen molar-refractivity contribution in [3.63, 3.8) is 0 Å². The standard InChI is InChI=1S/C23H19NO3/c1-16-8-11-18(12-9-16)24(23(26)22-7-4-14-27-22)15-20-19-6-3-2-5-17(19)10-13-21(20)25/h2-14,25H,15H2,1H3. The van der Waals surface area contributed by atoms with Gasteiger partial charge in [-0.2, -0.15) is 0 Å². The molecular formula is C23H19NO3. The summed E-state index contributed by atoms with van der Waals surface area (Å²) in [5, 5.41) is 12.4. The summed E-state index contributed by atoms with van der Waals surface area (Å²) in [5.41, 5.74) is 2.56. The highest BCUT2D eigenvalue weighted by Gasteiger charge is 2.22. The van der Waals surface area contributed by atoms with Gasteiger partial charge in [0.15, 0.2) is 5.76 Å². The van der Waals surface area contributed by atoms with Gasteiger partial charge in [0.2, 0.25) is 0 Å². The Morgan fingerprint density at radius 3 is 2.48 bits per heavy atom. The van der Waals surface area contributed by atoms with Crippen molar-refractivity contribution in [1.29, 1.82) is 0 Å². The third kappa shape index (κ3) is 3.29. The zero-order valence-electron chi connectivity index (χ0n) is 14.9. The topological polar surface area (TPSA) is 53.7 Å². The number of hydrogen-bond acceptors (Lipinski definition) is 3. The van der Waals surface area contributed by atoms with Crippen molar-refractivity contribution in [2.24, 2.45) is 0 Å².